The van der Waals surface area contributed by atoms with E-state index in [2.05, 4.69) is 11.4 Å². The van der Waals surface area contributed by atoms with Gasteiger partial charge in [0.1, 0.15) is 11.8 Å². The highest BCUT2D eigenvalue weighted by molar-refractivity contribution is 5.34. The number of non-ortho nitro benzene ring substituents is 1. The summed E-state index contributed by atoms with van der Waals surface area (Å²) in [7, 11) is 1.82. The third-order valence-electron chi connectivity index (χ3n) is 2.96. The largest absolute Gasteiger partial charge is 0.342 e. The van der Waals surface area contributed by atoms with Crippen molar-refractivity contribution >= 4 is 5.69 Å². The van der Waals surface area contributed by atoms with Crippen molar-refractivity contribution in [1.82, 2.24) is 9.88 Å². The van der Waals surface area contributed by atoms with Gasteiger partial charge in [-0.05, 0) is 17.2 Å². The van der Waals surface area contributed by atoms with Gasteiger partial charge in [0.2, 0.25) is 0 Å². The smallest absolute Gasteiger partial charge is 0.269 e. The zero-order chi connectivity index (χ0) is 14.5. The van der Waals surface area contributed by atoms with Crippen LogP contribution in [-0.2, 0) is 20.1 Å². The number of benzene rings is 1. The molecule has 6 heteroatoms. The number of nitrogens with zero attached hydrogens (tertiary/aromatic N) is 3. The number of nitro benzene ring substituents is 1. The van der Waals surface area contributed by atoms with Crippen LogP contribution in [0.4, 0.5) is 5.69 Å². The van der Waals surface area contributed by atoms with Gasteiger partial charge in [-0.25, -0.2) is 0 Å². The van der Waals surface area contributed by atoms with Crippen molar-refractivity contribution in [3.05, 3.63) is 63.5 Å². The Balaban J connectivity index is 1.94. The Labute approximate surface area is 116 Å². The minimum atomic E-state index is -0.403. The van der Waals surface area contributed by atoms with Crippen LogP contribution in [-0.4, -0.2) is 9.49 Å². The van der Waals surface area contributed by atoms with Crippen LogP contribution in [0.25, 0.3) is 0 Å². The molecule has 6 nitrogen and oxygen atoms in total. The first kappa shape index (κ1) is 13.8. The summed E-state index contributed by atoms with van der Waals surface area (Å²) in [5.41, 5.74) is 2.57. The van der Waals surface area contributed by atoms with Gasteiger partial charge < -0.3 is 9.88 Å². The number of nitriles is 1. The minimum absolute atomic E-state index is 0.0933. The van der Waals surface area contributed by atoms with Crippen molar-refractivity contribution in [3.63, 3.8) is 0 Å². The van der Waals surface area contributed by atoms with Gasteiger partial charge in [0.05, 0.1) is 4.92 Å². The molecular weight excluding hydrogens is 256 g/mol. The lowest BCUT2D eigenvalue weighted by Gasteiger charge is -2.03. The SMILES string of the molecule is Cn1cc(CNCc2cccc([N+](=O)[O-])c2)cc1C#N. The number of aryl methyl sites for hydroxylation is 1. The molecule has 20 heavy (non-hydrogen) atoms. The number of aromatic nitrogens is 1. The molecule has 0 aliphatic rings. The van der Waals surface area contributed by atoms with E-state index in [-0.39, 0.29) is 5.69 Å². The van der Waals surface area contributed by atoms with E-state index in [1.165, 1.54) is 6.07 Å². The molecule has 102 valence electrons. The molecule has 0 bridgehead atoms. The van der Waals surface area contributed by atoms with Gasteiger partial charge in [-0.15, -0.1) is 0 Å². The molecule has 0 radical (unpaired) electrons. The summed E-state index contributed by atoms with van der Waals surface area (Å²) in [6.07, 6.45) is 1.89. The fourth-order valence-electron chi connectivity index (χ4n) is 1.97. The molecule has 0 amide bonds. The second-order valence-corrected chi connectivity index (χ2v) is 4.49. The van der Waals surface area contributed by atoms with E-state index >= 15 is 0 Å². The quantitative estimate of drug-likeness (QED) is 0.666. The maximum atomic E-state index is 10.7. The van der Waals surface area contributed by atoms with Crippen LogP contribution in [0.1, 0.15) is 16.8 Å². The average molecular weight is 270 g/mol. The maximum absolute atomic E-state index is 10.7. The third-order valence-corrected chi connectivity index (χ3v) is 2.96. The van der Waals surface area contributed by atoms with E-state index in [0.29, 0.717) is 18.8 Å². The maximum Gasteiger partial charge on any atom is 0.269 e. The van der Waals surface area contributed by atoms with Crippen LogP contribution in [0.15, 0.2) is 36.5 Å². The fourth-order valence-corrected chi connectivity index (χ4v) is 1.97. The lowest BCUT2D eigenvalue weighted by molar-refractivity contribution is -0.384. The van der Waals surface area contributed by atoms with E-state index in [4.69, 9.17) is 5.26 Å². The van der Waals surface area contributed by atoms with Crippen molar-refractivity contribution < 1.29 is 4.92 Å². The standard InChI is InChI=1S/C14H14N4O2/c1-17-10-12(6-14(17)7-15)9-16-8-11-3-2-4-13(5-11)18(19)20/h2-6,10,16H,8-9H2,1H3. The van der Waals surface area contributed by atoms with Crippen LogP contribution >= 0.6 is 0 Å². The third kappa shape index (κ3) is 3.22. The molecule has 0 aliphatic heterocycles. The Morgan fingerprint density at radius 1 is 1.35 bits per heavy atom. The summed E-state index contributed by atoms with van der Waals surface area (Å²) in [4.78, 5) is 10.3. The zero-order valence-corrected chi connectivity index (χ0v) is 11.0. The summed E-state index contributed by atoms with van der Waals surface area (Å²) in [5.74, 6) is 0. The Kier molecular flexibility index (Phi) is 4.13. The van der Waals surface area contributed by atoms with Crippen LogP contribution < -0.4 is 5.32 Å². The van der Waals surface area contributed by atoms with E-state index in [0.717, 1.165) is 11.1 Å². The highest BCUT2D eigenvalue weighted by Gasteiger charge is 2.06. The molecule has 0 aliphatic carbocycles. The first-order valence-electron chi connectivity index (χ1n) is 6.09. The van der Waals surface area contributed by atoms with Gasteiger partial charge in [-0.1, -0.05) is 12.1 Å². The molecule has 0 saturated heterocycles. The van der Waals surface area contributed by atoms with Crippen LogP contribution in [0.2, 0.25) is 0 Å². The van der Waals surface area contributed by atoms with Crippen molar-refractivity contribution in [3.8, 4) is 6.07 Å². The summed E-state index contributed by atoms with van der Waals surface area (Å²) >= 11 is 0. The van der Waals surface area contributed by atoms with Gasteiger partial charge >= 0.3 is 0 Å². The van der Waals surface area contributed by atoms with Gasteiger partial charge in [0.15, 0.2) is 0 Å². The average Bonchev–Trinajstić information content (AvgIpc) is 2.79. The number of nitrogens with one attached hydrogen (secondary N) is 1. The number of rotatable bonds is 5. The normalized spacial score (nSPS) is 10.2. The first-order valence-corrected chi connectivity index (χ1v) is 6.09. The van der Waals surface area contributed by atoms with Crippen LogP contribution in [0, 0.1) is 21.4 Å². The molecule has 2 aromatic rings. The van der Waals surface area contributed by atoms with Crippen LogP contribution in [0.3, 0.4) is 0 Å². The predicted octanol–water partition coefficient (Wildman–Crippen LogP) is 2.09. The first-order chi connectivity index (χ1) is 9.60. The molecule has 0 atom stereocenters. The molecule has 0 unspecified atom stereocenters. The topological polar surface area (TPSA) is 83.9 Å². The van der Waals surface area contributed by atoms with E-state index in [1.807, 2.05) is 25.4 Å². The van der Waals surface area contributed by atoms with Crippen molar-refractivity contribution in [2.45, 2.75) is 13.1 Å². The van der Waals surface area contributed by atoms with E-state index in [9.17, 15) is 10.1 Å². The monoisotopic (exact) mass is 270 g/mol. The molecule has 1 aromatic carbocycles. The van der Waals surface area contributed by atoms with Gasteiger partial charge in [-0.2, -0.15) is 5.26 Å². The van der Waals surface area contributed by atoms with E-state index in [1.54, 1.807) is 16.7 Å². The lowest BCUT2D eigenvalue weighted by Crippen LogP contribution is -2.12. The molecule has 1 aromatic heterocycles. The highest BCUT2D eigenvalue weighted by Crippen LogP contribution is 2.13. The highest BCUT2D eigenvalue weighted by atomic mass is 16.6. The van der Waals surface area contributed by atoms with Crippen molar-refractivity contribution in [2.75, 3.05) is 0 Å². The number of nitro groups is 1. The summed E-state index contributed by atoms with van der Waals surface area (Å²) in [5, 5.41) is 22.7. The van der Waals surface area contributed by atoms with Crippen molar-refractivity contribution in [1.29, 1.82) is 5.26 Å². The van der Waals surface area contributed by atoms with Gasteiger partial charge in [0, 0.05) is 38.5 Å². The molecule has 0 fully saturated rings. The molecule has 1 heterocycles. The van der Waals surface area contributed by atoms with Crippen LogP contribution in [0.5, 0.6) is 0 Å². The second-order valence-electron chi connectivity index (χ2n) is 4.49. The van der Waals surface area contributed by atoms with E-state index < -0.39 is 4.92 Å². The number of hydrogen-bond acceptors (Lipinski definition) is 4. The molecular formula is C14H14N4O2. The Morgan fingerprint density at radius 2 is 2.10 bits per heavy atom. The minimum Gasteiger partial charge on any atom is -0.342 e. The molecule has 1 N–H and O–H groups in total. The lowest BCUT2D eigenvalue weighted by atomic mass is 10.2. The molecule has 0 saturated carbocycles. The summed E-state index contributed by atoms with van der Waals surface area (Å²) < 4.78 is 1.77. The Bertz CT molecular complexity index is 670. The zero-order valence-electron chi connectivity index (χ0n) is 11.0. The molecule has 2 rings (SSSR count). The summed E-state index contributed by atoms with van der Waals surface area (Å²) in [6, 6.07) is 10.5. The predicted molar refractivity (Wildman–Crippen MR) is 73.8 cm³/mol. The van der Waals surface area contributed by atoms with Gasteiger partial charge in [-0.3, -0.25) is 10.1 Å². The Hall–Kier alpha value is -2.65. The second kappa shape index (κ2) is 5.99. The van der Waals surface area contributed by atoms with Gasteiger partial charge in [0.25, 0.3) is 5.69 Å². The molecule has 0 spiro atoms. The Morgan fingerprint density at radius 3 is 2.75 bits per heavy atom. The fraction of sp³-hybridized carbons (Fsp3) is 0.214. The number of hydrogen-bond donors (Lipinski definition) is 1. The summed E-state index contributed by atoms with van der Waals surface area (Å²) in [6.45, 7) is 1.15. The van der Waals surface area contributed by atoms with Crippen molar-refractivity contribution in [2.24, 2.45) is 7.05 Å².